The molecule has 9 heteroatoms. The molecule has 7 aromatic rings. The quantitative estimate of drug-likeness (QED) is 0.168. The zero-order valence-electron chi connectivity index (χ0n) is 28.5. The van der Waals surface area contributed by atoms with Crippen LogP contribution < -0.4 is 5.32 Å². The van der Waals surface area contributed by atoms with Gasteiger partial charge in [0.2, 0.25) is 0 Å². The Morgan fingerprint density at radius 3 is 2.06 bits per heavy atom. The van der Waals surface area contributed by atoms with Crippen LogP contribution in [0.2, 0.25) is 0 Å². The SMILES string of the molecule is Cc1cc(-c2sc(NC(=O)N3CC4(COC4)C3)nc2-c2cccc(C#N)c2)cc2c1cnn2C(c1ccccc1)(c1ccccc1)c1ccccc1. The number of amides is 2. The second-order valence-corrected chi connectivity index (χ2v) is 14.8. The molecule has 2 aromatic heterocycles. The summed E-state index contributed by atoms with van der Waals surface area (Å²) in [7, 11) is 0. The van der Waals surface area contributed by atoms with Gasteiger partial charge in [0.25, 0.3) is 0 Å². The predicted octanol–water partition coefficient (Wildman–Crippen LogP) is 8.71. The average molecular weight is 699 g/mol. The van der Waals surface area contributed by atoms with Gasteiger partial charge in [-0.25, -0.2) is 14.5 Å². The van der Waals surface area contributed by atoms with E-state index in [0.717, 1.165) is 49.2 Å². The van der Waals surface area contributed by atoms with Gasteiger partial charge in [0.15, 0.2) is 5.13 Å². The van der Waals surface area contributed by atoms with Crippen molar-refractivity contribution in [1.82, 2.24) is 19.7 Å². The summed E-state index contributed by atoms with van der Waals surface area (Å²) in [6, 6.07) is 45.5. The number of hydrogen-bond donors (Lipinski definition) is 1. The summed E-state index contributed by atoms with van der Waals surface area (Å²) in [5, 5.41) is 19.6. The molecule has 0 atom stereocenters. The van der Waals surface area contributed by atoms with Crippen LogP contribution in [0.15, 0.2) is 134 Å². The van der Waals surface area contributed by atoms with Gasteiger partial charge in [0, 0.05) is 24.0 Å². The smallest absolute Gasteiger partial charge is 0.323 e. The third kappa shape index (κ3) is 5.18. The third-order valence-electron chi connectivity index (χ3n) is 10.3. The van der Waals surface area contributed by atoms with Crippen molar-refractivity contribution in [2.24, 2.45) is 5.41 Å². The fourth-order valence-electron chi connectivity index (χ4n) is 7.76. The summed E-state index contributed by atoms with van der Waals surface area (Å²) >= 11 is 1.44. The Labute approximate surface area is 305 Å². The first-order valence-electron chi connectivity index (χ1n) is 17.3. The number of anilines is 1. The van der Waals surface area contributed by atoms with E-state index in [-0.39, 0.29) is 11.4 Å². The van der Waals surface area contributed by atoms with Crippen LogP contribution in [0.5, 0.6) is 0 Å². The molecule has 2 aliphatic heterocycles. The molecule has 2 aliphatic rings. The third-order valence-corrected chi connectivity index (χ3v) is 11.3. The Morgan fingerprint density at radius 1 is 0.846 bits per heavy atom. The van der Waals surface area contributed by atoms with Crippen molar-refractivity contribution in [2.75, 3.05) is 31.6 Å². The Bertz CT molecular complexity index is 2380. The highest BCUT2D eigenvalue weighted by Gasteiger charge is 2.51. The number of nitriles is 1. The average Bonchev–Trinajstić information content (AvgIpc) is 3.78. The van der Waals surface area contributed by atoms with Gasteiger partial charge in [-0.1, -0.05) is 114 Å². The lowest BCUT2D eigenvalue weighted by molar-refractivity contribution is -0.174. The lowest BCUT2D eigenvalue weighted by atomic mass is 9.77. The van der Waals surface area contributed by atoms with E-state index in [9.17, 15) is 10.1 Å². The minimum atomic E-state index is -0.798. The van der Waals surface area contributed by atoms with Gasteiger partial charge in [-0.3, -0.25) is 5.32 Å². The number of fused-ring (bicyclic) bond motifs is 1. The Balaban J connectivity index is 1.23. The standard InChI is InChI=1S/C43H34N6O2S/c1-29-20-32(39-38(31-13-11-12-30(21-31)23-44)46-40(52-39)47-41(50)48-25-42(26-48)27-51-28-42)22-37-36(29)24-45-49(37)43(33-14-5-2-6-15-33,34-16-7-3-8-17-34)35-18-9-4-10-19-35/h2-22,24H,25-28H2,1H3,(H,46,47,50). The molecule has 0 unspecified atom stereocenters. The summed E-state index contributed by atoms with van der Waals surface area (Å²) in [6.45, 7) is 4.88. The molecular weight excluding hydrogens is 665 g/mol. The van der Waals surface area contributed by atoms with E-state index in [1.165, 1.54) is 11.3 Å². The number of urea groups is 1. The van der Waals surface area contributed by atoms with Crippen molar-refractivity contribution in [1.29, 1.82) is 5.26 Å². The molecule has 52 heavy (non-hydrogen) atoms. The summed E-state index contributed by atoms with van der Waals surface area (Å²) in [5.41, 5.74) is 7.57. The summed E-state index contributed by atoms with van der Waals surface area (Å²) in [4.78, 5) is 21.1. The first-order chi connectivity index (χ1) is 25.5. The van der Waals surface area contributed by atoms with Crippen LogP contribution in [0.3, 0.4) is 0 Å². The Kier molecular flexibility index (Phi) is 7.72. The highest BCUT2D eigenvalue weighted by Crippen LogP contribution is 2.45. The van der Waals surface area contributed by atoms with E-state index >= 15 is 0 Å². The van der Waals surface area contributed by atoms with Crippen molar-refractivity contribution in [3.63, 3.8) is 0 Å². The second kappa shape index (κ2) is 12.6. The molecule has 0 radical (unpaired) electrons. The van der Waals surface area contributed by atoms with E-state index < -0.39 is 5.54 Å². The summed E-state index contributed by atoms with van der Waals surface area (Å²) in [5.74, 6) is 0. The number of likely N-dealkylation sites (tertiary alicyclic amines) is 1. The highest BCUT2D eigenvalue weighted by atomic mass is 32.1. The van der Waals surface area contributed by atoms with Crippen LogP contribution in [0, 0.1) is 23.7 Å². The highest BCUT2D eigenvalue weighted by molar-refractivity contribution is 7.19. The number of thiazole rings is 1. The van der Waals surface area contributed by atoms with Crippen LogP contribution in [-0.2, 0) is 10.3 Å². The van der Waals surface area contributed by atoms with E-state index in [1.54, 1.807) is 6.07 Å². The first-order valence-corrected chi connectivity index (χ1v) is 18.1. The molecule has 8 nitrogen and oxygen atoms in total. The number of carbonyl (C=O) groups is 1. The van der Waals surface area contributed by atoms with E-state index in [1.807, 2.05) is 47.5 Å². The van der Waals surface area contributed by atoms with Gasteiger partial charge in [-0.2, -0.15) is 10.4 Å². The maximum Gasteiger partial charge on any atom is 0.323 e. The van der Waals surface area contributed by atoms with Crippen molar-refractivity contribution in [3.05, 3.63) is 161 Å². The number of aryl methyl sites for hydroxylation is 1. The second-order valence-electron chi connectivity index (χ2n) is 13.8. The van der Waals surface area contributed by atoms with Crippen LogP contribution in [0.25, 0.3) is 32.6 Å². The number of hydrogen-bond acceptors (Lipinski definition) is 6. The minimum Gasteiger partial charge on any atom is -0.380 e. The molecule has 2 saturated heterocycles. The molecule has 0 bridgehead atoms. The van der Waals surface area contributed by atoms with Gasteiger partial charge in [-0.05, 0) is 59.0 Å². The van der Waals surface area contributed by atoms with Gasteiger partial charge >= 0.3 is 6.03 Å². The first kappa shape index (κ1) is 31.9. The molecule has 4 heterocycles. The van der Waals surface area contributed by atoms with Gasteiger partial charge in [0.1, 0.15) is 5.54 Å². The Morgan fingerprint density at radius 2 is 1.48 bits per heavy atom. The molecule has 1 spiro atoms. The van der Waals surface area contributed by atoms with Crippen molar-refractivity contribution >= 4 is 33.4 Å². The summed E-state index contributed by atoms with van der Waals surface area (Å²) < 4.78 is 7.56. The molecule has 0 saturated carbocycles. The topological polar surface area (TPSA) is 96.1 Å². The number of benzene rings is 5. The molecule has 9 rings (SSSR count). The molecule has 254 valence electrons. The van der Waals surface area contributed by atoms with E-state index in [0.29, 0.717) is 42.7 Å². The van der Waals surface area contributed by atoms with Crippen LogP contribution in [-0.4, -0.2) is 52.0 Å². The number of nitrogens with zero attached hydrogens (tertiary/aromatic N) is 5. The van der Waals surface area contributed by atoms with Crippen LogP contribution in [0.4, 0.5) is 9.93 Å². The Hall–Kier alpha value is -6.08. The number of carbonyl (C=O) groups excluding carboxylic acids is 1. The van der Waals surface area contributed by atoms with Gasteiger partial charge in [0.05, 0.1) is 52.5 Å². The zero-order chi connectivity index (χ0) is 35.3. The molecule has 0 aliphatic carbocycles. The molecule has 1 N–H and O–H groups in total. The zero-order valence-corrected chi connectivity index (χ0v) is 29.3. The summed E-state index contributed by atoms with van der Waals surface area (Å²) in [6.07, 6.45) is 1.96. The van der Waals surface area contributed by atoms with Crippen molar-refractivity contribution in [2.45, 2.75) is 12.5 Å². The molecule has 2 fully saturated rings. The lowest BCUT2D eigenvalue weighted by Gasteiger charge is -2.54. The molecule has 5 aromatic carbocycles. The van der Waals surface area contributed by atoms with E-state index in [2.05, 4.69) is 108 Å². The monoisotopic (exact) mass is 698 g/mol. The van der Waals surface area contributed by atoms with E-state index in [4.69, 9.17) is 14.8 Å². The van der Waals surface area contributed by atoms with Crippen molar-refractivity contribution < 1.29 is 9.53 Å². The van der Waals surface area contributed by atoms with Crippen LogP contribution in [0.1, 0.15) is 27.8 Å². The number of ether oxygens (including phenoxy) is 1. The van der Waals surface area contributed by atoms with Gasteiger partial charge < -0.3 is 9.64 Å². The predicted molar refractivity (Wildman–Crippen MR) is 204 cm³/mol. The number of nitrogens with one attached hydrogen (secondary N) is 1. The lowest BCUT2D eigenvalue weighted by Crippen LogP contribution is -2.67. The molecule has 2 amide bonds. The van der Waals surface area contributed by atoms with Crippen molar-refractivity contribution in [3.8, 4) is 27.8 Å². The van der Waals surface area contributed by atoms with Gasteiger partial charge in [-0.15, -0.1) is 0 Å². The largest absolute Gasteiger partial charge is 0.380 e. The minimum absolute atomic E-state index is 0.110. The molecular formula is C43H34N6O2S. The maximum absolute atomic E-state index is 13.4. The fourth-order valence-corrected chi connectivity index (χ4v) is 8.72. The fraction of sp³-hybridized carbons (Fsp3) is 0.163. The maximum atomic E-state index is 13.4. The van der Waals surface area contributed by atoms with Crippen LogP contribution >= 0.6 is 11.3 Å². The number of rotatable bonds is 7. The number of aromatic nitrogens is 3. The normalized spacial score (nSPS) is 14.8.